The summed E-state index contributed by atoms with van der Waals surface area (Å²) < 4.78 is 39.4. The van der Waals surface area contributed by atoms with Crippen molar-refractivity contribution in [3.63, 3.8) is 0 Å². The van der Waals surface area contributed by atoms with Gasteiger partial charge in [0.2, 0.25) is 0 Å². The van der Waals surface area contributed by atoms with Crippen LogP contribution in [0.15, 0.2) is 0 Å². The van der Waals surface area contributed by atoms with Crippen LogP contribution in [0.1, 0.15) is 12.8 Å². The second-order valence-corrected chi connectivity index (χ2v) is 2.87. The van der Waals surface area contributed by atoms with E-state index in [1.165, 1.54) is 0 Å². The number of esters is 1. The SMILES string of the molecule is O=C(OC1CCCNC1)C(F)(F)F. The minimum atomic E-state index is -4.88. The van der Waals surface area contributed by atoms with E-state index in [1.807, 2.05) is 0 Å². The Morgan fingerprint density at radius 3 is 2.62 bits per heavy atom. The summed E-state index contributed by atoms with van der Waals surface area (Å²) in [5.74, 6) is -2.10. The van der Waals surface area contributed by atoms with Crippen molar-refractivity contribution in [2.75, 3.05) is 13.1 Å². The highest BCUT2D eigenvalue weighted by Crippen LogP contribution is 2.19. The Balaban J connectivity index is 2.35. The van der Waals surface area contributed by atoms with Gasteiger partial charge in [-0.15, -0.1) is 0 Å². The van der Waals surface area contributed by atoms with Crippen LogP contribution >= 0.6 is 0 Å². The van der Waals surface area contributed by atoms with Gasteiger partial charge >= 0.3 is 12.1 Å². The molecule has 1 atom stereocenters. The van der Waals surface area contributed by atoms with Crippen molar-refractivity contribution in [3.05, 3.63) is 0 Å². The summed E-state index contributed by atoms with van der Waals surface area (Å²) in [5.41, 5.74) is 0. The minimum absolute atomic E-state index is 0.307. The first-order valence-electron chi connectivity index (χ1n) is 3.98. The number of halogens is 3. The molecule has 1 rings (SSSR count). The molecule has 1 saturated heterocycles. The van der Waals surface area contributed by atoms with Crippen LogP contribution in [-0.4, -0.2) is 31.3 Å². The van der Waals surface area contributed by atoms with Gasteiger partial charge in [-0.3, -0.25) is 0 Å². The van der Waals surface area contributed by atoms with E-state index in [1.54, 1.807) is 0 Å². The molecule has 0 spiro atoms. The van der Waals surface area contributed by atoms with Crippen molar-refractivity contribution in [2.24, 2.45) is 0 Å². The van der Waals surface area contributed by atoms with E-state index in [0.29, 0.717) is 13.0 Å². The van der Waals surface area contributed by atoms with Crippen LogP contribution in [0.3, 0.4) is 0 Å². The molecular formula is C7H10F3NO2. The standard InChI is InChI=1S/C7H10F3NO2/c8-7(9,10)6(12)13-5-2-1-3-11-4-5/h5,11H,1-4H2. The highest BCUT2D eigenvalue weighted by atomic mass is 19.4. The molecule has 0 saturated carbocycles. The fourth-order valence-electron chi connectivity index (χ4n) is 1.14. The van der Waals surface area contributed by atoms with E-state index in [4.69, 9.17) is 0 Å². The van der Waals surface area contributed by atoms with E-state index in [0.717, 1.165) is 13.0 Å². The predicted octanol–water partition coefficient (Wildman–Crippen LogP) is 0.844. The summed E-state index contributed by atoms with van der Waals surface area (Å²) in [5, 5.41) is 2.85. The molecule has 1 aliphatic rings. The molecule has 0 aliphatic carbocycles. The van der Waals surface area contributed by atoms with Gasteiger partial charge in [-0.1, -0.05) is 0 Å². The van der Waals surface area contributed by atoms with E-state index in [2.05, 4.69) is 10.1 Å². The van der Waals surface area contributed by atoms with E-state index >= 15 is 0 Å². The first kappa shape index (κ1) is 10.3. The number of nitrogens with one attached hydrogen (secondary N) is 1. The molecule has 13 heavy (non-hydrogen) atoms. The Morgan fingerprint density at radius 2 is 2.15 bits per heavy atom. The van der Waals surface area contributed by atoms with Crippen molar-refractivity contribution in [1.82, 2.24) is 5.32 Å². The van der Waals surface area contributed by atoms with E-state index < -0.39 is 18.2 Å². The highest BCUT2D eigenvalue weighted by molar-refractivity contribution is 5.75. The maximum atomic E-state index is 11.7. The second kappa shape index (κ2) is 3.95. The molecule has 0 aromatic rings. The zero-order chi connectivity index (χ0) is 9.90. The summed E-state index contributed by atoms with van der Waals surface area (Å²) in [4.78, 5) is 10.4. The molecule has 1 fully saturated rings. The fourth-order valence-corrected chi connectivity index (χ4v) is 1.14. The van der Waals surface area contributed by atoms with Crippen molar-refractivity contribution in [3.8, 4) is 0 Å². The Bertz CT molecular complexity index is 187. The molecule has 1 heterocycles. The van der Waals surface area contributed by atoms with Crippen LogP contribution in [-0.2, 0) is 9.53 Å². The summed E-state index contributed by atoms with van der Waals surface area (Å²) >= 11 is 0. The van der Waals surface area contributed by atoms with Gasteiger partial charge in [0.05, 0.1) is 0 Å². The fraction of sp³-hybridized carbons (Fsp3) is 0.857. The van der Waals surface area contributed by atoms with E-state index in [9.17, 15) is 18.0 Å². The third-order valence-corrected chi connectivity index (χ3v) is 1.76. The van der Waals surface area contributed by atoms with Gasteiger partial charge in [0.25, 0.3) is 0 Å². The Labute approximate surface area is 73.2 Å². The van der Waals surface area contributed by atoms with Gasteiger partial charge in [-0.05, 0) is 19.4 Å². The maximum absolute atomic E-state index is 11.7. The number of alkyl halides is 3. The van der Waals surface area contributed by atoms with Crippen LogP contribution < -0.4 is 5.32 Å². The summed E-state index contributed by atoms with van der Waals surface area (Å²) in [6.45, 7) is 1.07. The Morgan fingerprint density at radius 1 is 1.46 bits per heavy atom. The molecule has 1 unspecified atom stereocenters. The van der Waals surface area contributed by atoms with Crippen molar-refractivity contribution in [1.29, 1.82) is 0 Å². The lowest BCUT2D eigenvalue weighted by Crippen LogP contribution is -2.39. The minimum Gasteiger partial charge on any atom is -0.454 e. The average molecular weight is 197 g/mol. The molecule has 0 aromatic heterocycles. The molecule has 1 aliphatic heterocycles. The van der Waals surface area contributed by atoms with Gasteiger partial charge < -0.3 is 10.1 Å². The van der Waals surface area contributed by atoms with Crippen LogP contribution in [0.25, 0.3) is 0 Å². The molecule has 0 amide bonds. The molecule has 0 aromatic carbocycles. The molecule has 3 nitrogen and oxygen atoms in total. The van der Waals surface area contributed by atoms with Gasteiger partial charge in [-0.2, -0.15) is 13.2 Å². The quantitative estimate of drug-likeness (QED) is 0.633. The summed E-state index contributed by atoms with van der Waals surface area (Å²) in [6.07, 6.45) is -4.29. The lowest BCUT2D eigenvalue weighted by atomic mass is 10.1. The normalized spacial score (nSPS) is 24.1. The van der Waals surface area contributed by atoms with Crippen LogP contribution in [0, 0.1) is 0 Å². The van der Waals surface area contributed by atoms with Crippen molar-refractivity contribution >= 4 is 5.97 Å². The predicted molar refractivity (Wildman–Crippen MR) is 38.0 cm³/mol. The van der Waals surface area contributed by atoms with Crippen LogP contribution in [0.4, 0.5) is 13.2 Å². The second-order valence-electron chi connectivity index (χ2n) is 2.87. The lowest BCUT2D eigenvalue weighted by molar-refractivity contribution is -0.205. The Kier molecular flexibility index (Phi) is 3.13. The molecule has 6 heteroatoms. The van der Waals surface area contributed by atoms with Gasteiger partial charge in [0.1, 0.15) is 6.10 Å². The largest absolute Gasteiger partial charge is 0.490 e. The number of hydrogen-bond acceptors (Lipinski definition) is 3. The van der Waals surface area contributed by atoms with Crippen LogP contribution in [0.2, 0.25) is 0 Å². The number of ether oxygens (including phenoxy) is 1. The number of hydrogen-bond donors (Lipinski definition) is 1. The average Bonchev–Trinajstić information content (AvgIpc) is 2.04. The molecule has 0 radical (unpaired) electrons. The molecule has 76 valence electrons. The zero-order valence-electron chi connectivity index (χ0n) is 6.86. The molecular weight excluding hydrogens is 187 g/mol. The lowest BCUT2D eigenvalue weighted by Gasteiger charge is -2.23. The highest BCUT2D eigenvalue weighted by Gasteiger charge is 2.42. The third-order valence-electron chi connectivity index (χ3n) is 1.76. The zero-order valence-corrected chi connectivity index (χ0v) is 6.86. The number of rotatable bonds is 1. The number of piperidine rings is 1. The summed E-state index contributed by atoms with van der Waals surface area (Å²) in [7, 11) is 0. The van der Waals surface area contributed by atoms with Crippen LogP contribution in [0.5, 0.6) is 0 Å². The number of carbonyl (C=O) groups excluding carboxylic acids is 1. The topological polar surface area (TPSA) is 38.3 Å². The summed E-state index contributed by atoms with van der Waals surface area (Å²) in [6, 6.07) is 0. The third kappa shape index (κ3) is 3.22. The first-order valence-corrected chi connectivity index (χ1v) is 3.98. The van der Waals surface area contributed by atoms with E-state index in [-0.39, 0.29) is 0 Å². The van der Waals surface area contributed by atoms with Gasteiger partial charge in [0, 0.05) is 6.54 Å². The number of carbonyl (C=O) groups is 1. The van der Waals surface area contributed by atoms with Crippen molar-refractivity contribution < 1.29 is 22.7 Å². The van der Waals surface area contributed by atoms with Gasteiger partial charge in [0.15, 0.2) is 0 Å². The van der Waals surface area contributed by atoms with Gasteiger partial charge in [-0.25, -0.2) is 4.79 Å². The van der Waals surface area contributed by atoms with Crippen molar-refractivity contribution in [2.45, 2.75) is 25.1 Å². The molecule has 0 bridgehead atoms. The maximum Gasteiger partial charge on any atom is 0.490 e. The molecule has 1 N–H and O–H groups in total. The monoisotopic (exact) mass is 197 g/mol. The smallest absolute Gasteiger partial charge is 0.454 e. The Hall–Kier alpha value is -0.780. The first-order chi connectivity index (χ1) is 6.00.